The van der Waals surface area contributed by atoms with Gasteiger partial charge in [0.1, 0.15) is 24.6 Å². The molecule has 0 spiro atoms. The third-order valence-corrected chi connectivity index (χ3v) is 7.05. The maximum atomic E-state index is 14.6. The van der Waals surface area contributed by atoms with Crippen molar-refractivity contribution in [2.45, 2.75) is 68.6 Å². The highest BCUT2D eigenvalue weighted by Crippen LogP contribution is 2.57. The molecular formula is C22H26F4N6O4. The van der Waals surface area contributed by atoms with E-state index in [4.69, 9.17) is 4.74 Å². The number of aromatic nitrogens is 4. The maximum Gasteiger partial charge on any atom is 0.411 e. The summed E-state index contributed by atoms with van der Waals surface area (Å²) in [6.07, 6.45) is -3.92. The van der Waals surface area contributed by atoms with Gasteiger partial charge in [0.2, 0.25) is 0 Å². The third-order valence-electron chi connectivity index (χ3n) is 7.05. The SMILES string of the molecule is Cn1nc(COCC(F)(F)F)cc1C(=O)Nc1cc([C@H]2C[C@H](OC(=O)NC34CC(C3)C4)[C@@H](F)C2)[nH]n1. The zero-order chi connectivity index (χ0) is 25.7. The Balaban J connectivity index is 1.13. The Bertz CT molecular complexity index is 1130. The zero-order valence-electron chi connectivity index (χ0n) is 19.4. The van der Waals surface area contributed by atoms with Crippen LogP contribution in [0.4, 0.5) is 28.2 Å². The lowest BCUT2D eigenvalue weighted by molar-refractivity contribution is -0.176. The molecule has 4 saturated carbocycles. The molecule has 0 radical (unpaired) electrons. The van der Waals surface area contributed by atoms with Gasteiger partial charge < -0.3 is 20.1 Å². The molecule has 4 aliphatic carbocycles. The number of nitrogens with zero attached hydrogens (tertiary/aromatic N) is 3. The summed E-state index contributed by atoms with van der Waals surface area (Å²) in [7, 11) is 1.47. The minimum absolute atomic E-state index is 0.0954. The standard InChI is InChI=1S/C22H26F4N6O4/c1-32-16(4-13(31-32)9-35-10-22(24,25)26)19(33)27-18-5-15(29-30-18)12-2-14(23)17(3-12)36-20(34)28-21-6-11(7-21)8-21/h4-5,11-12,14,17H,2-3,6-10H2,1H3,(H,28,34)(H2,27,29,30,33)/t11?,12-,14+,17+,21?/m1/s1. The Morgan fingerprint density at radius 1 is 1.25 bits per heavy atom. The van der Waals surface area contributed by atoms with E-state index >= 15 is 0 Å². The molecule has 4 aliphatic rings. The number of alkyl halides is 4. The molecule has 196 valence electrons. The molecule has 36 heavy (non-hydrogen) atoms. The number of hydrogen-bond donors (Lipinski definition) is 3. The fraction of sp³-hybridized carbons (Fsp3) is 0.636. The van der Waals surface area contributed by atoms with Gasteiger partial charge in [0.15, 0.2) is 5.82 Å². The number of anilines is 1. The average molecular weight is 514 g/mol. The summed E-state index contributed by atoms with van der Waals surface area (Å²) in [5, 5.41) is 16.3. The second-order valence-corrected chi connectivity index (χ2v) is 9.93. The maximum absolute atomic E-state index is 14.6. The van der Waals surface area contributed by atoms with Crippen LogP contribution >= 0.6 is 0 Å². The molecule has 3 atom stereocenters. The van der Waals surface area contributed by atoms with E-state index in [2.05, 4.69) is 30.7 Å². The topological polar surface area (TPSA) is 123 Å². The van der Waals surface area contributed by atoms with E-state index in [-0.39, 0.29) is 41.5 Å². The highest BCUT2D eigenvalue weighted by atomic mass is 19.4. The van der Waals surface area contributed by atoms with Crippen molar-refractivity contribution >= 4 is 17.8 Å². The molecule has 6 rings (SSSR count). The number of halogens is 4. The molecule has 0 unspecified atom stereocenters. The number of amides is 2. The van der Waals surface area contributed by atoms with Gasteiger partial charge in [0.25, 0.3) is 5.91 Å². The van der Waals surface area contributed by atoms with Crippen molar-refractivity contribution < 1.29 is 36.6 Å². The van der Waals surface area contributed by atoms with Gasteiger partial charge in [-0.25, -0.2) is 9.18 Å². The van der Waals surface area contributed by atoms with Gasteiger partial charge in [-0.05, 0) is 44.1 Å². The average Bonchev–Trinajstić information content (AvgIpc) is 3.42. The van der Waals surface area contributed by atoms with Crippen molar-refractivity contribution in [3.8, 4) is 0 Å². The number of alkyl carbamates (subject to hydrolysis) is 1. The molecule has 2 aromatic heterocycles. The highest BCUT2D eigenvalue weighted by molar-refractivity contribution is 6.02. The highest BCUT2D eigenvalue weighted by Gasteiger charge is 2.58. The summed E-state index contributed by atoms with van der Waals surface area (Å²) < 4.78 is 62.4. The molecule has 0 saturated heterocycles. The first kappa shape index (κ1) is 24.5. The first-order valence-electron chi connectivity index (χ1n) is 11.7. The predicted molar refractivity (Wildman–Crippen MR) is 116 cm³/mol. The van der Waals surface area contributed by atoms with E-state index in [9.17, 15) is 27.2 Å². The van der Waals surface area contributed by atoms with E-state index < -0.39 is 43.7 Å². The van der Waals surface area contributed by atoms with Gasteiger partial charge in [-0.3, -0.25) is 14.6 Å². The molecule has 10 nitrogen and oxygen atoms in total. The molecule has 2 amide bonds. The van der Waals surface area contributed by atoms with E-state index in [1.54, 1.807) is 6.07 Å². The summed E-state index contributed by atoms with van der Waals surface area (Å²) in [6.45, 7) is -1.82. The van der Waals surface area contributed by atoms with Crippen molar-refractivity contribution in [2.75, 3.05) is 11.9 Å². The van der Waals surface area contributed by atoms with Gasteiger partial charge >= 0.3 is 12.3 Å². The Morgan fingerprint density at radius 3 is 2.67 bits per heavy atom. The smallest absolute Gasteiger partial charge is 0.411 e. The summed E-state index contributed by atoms with van der Waals surface area (Å²) in [6, 6.07) is 2.90. The Morgan fingerprint density at radius 2 is 2.00 bits per heavy atom. The number of aryl methyl sites for hydroxylation is 1. The number of aromatic amines is 1. The quantitative estimate of drug-likeness (QED) is 0.465. The molecule has 3 N–H and O–H groups in total. The summed E-state index contributed by atoms with van der Waals surface area (Å²) in [5.74, 6) is 0.0287. The van der Waals surface area contributed by atoms with Crippen LogP contribution in [0.25, 0.3) is 0 Å². The van der Waals surface area contributed by atoms with Crippen LogP contribution in [-0.2, 0) is 23.1 Å². The Kier molecular flexibility index (Phi) is 6.17. The molecule has 14 heteroatoms. The van der Waals surface area contributed by atoms with Crippen LogP contribution in [0.5, 0.6) is 0 Å². The Labute approximate surface area is 203 Å². The molecule has 2 aromatic rings. The molecule has 4 fully saturated rings. The van der Waals surface area contributed by atoms with E-state index in [1.165, 1.54) is 17.8 Å². The van der Waals surface area contributed by atoms with E-state index in [0.717, 1.165) is 19.3 Å². The second-order valence-electron chi connectivity index (χ2n) is 9.93. The first-order chi connectivity index (χ1) is 17.0. The zero-order valence-corrected chi connectivity index (χ0v) is 19.4. The molecule has 0 aromatic carbocycles. The van der Waals surface area contributed by atoms with Gasteiger partial charge in [-0.1, -0.05) is 0 Å². The van der Waals surface area contributed by atoms with Crippen molar-refractivity contribution in [3.63, 3.8) is 0 Å². The molecule has 2 bridgehead atoms. The van der Waals surface area contributed by atoms with Crippen LogP contribution in [0, 0.1) is 5.92 Å². The van der Waals surface area contributed by atoms with Crippen LogP contribution in [-0.4, -0.2) is 62.6 Å². The third kappa shape index (κ3) is 5.18. The fourth-order valence-electron chi connectivity index (χ4n) is 5.21. The molecule has 0 aliphatic heterocycles. The minimum atomic E-state index is -4.46. The van der Waals surface area contributed by atoms with E-state index in [0.29, 0.717) is 11.6 Å². The van der Waals surface area contributed by atoms with Gasteiger partial charge in [-0.15, -0.1) is 0 Å². The molecule has 2 heterocycles. The normalized spacial score (nSPS) is 28.8. The molecular weight excluding hydrogens is 488 g/mol. The number of H-pyrrole nitrogens is 1. The van der Waals surface area contributed by atoms with Gasteiger partial charge in [0.05, 0.1) is 12.3 Å². The fourth-order valence-corrected chi connectivity index (χ4v) is 5.21. The van der Waals surface area contributed by atoms with Crippen LogP contribution < -0.4 is 10.6 Å². The lowest BCUT2D eigenvalue weighted by Gasteiger charge is -2.61. The number of ether oxygens (including phenoxy) is 2. The largest absolute Gasteiger partial charge is 0.443 e. The number of carbonyl (C=O) groups excluding carboxylic acids is 2. The van der Waals surface area contributed by atoms with Crippen LogP contribution in [0.2, 0.25) is 0 Å². The van der Waals surface area contributed by atoms with Gasteiger partial charge in [-0.2, -0.15) is 23.4 Å². The monoisotopic (exact) mass is 514 g/mol. The van der Waals surface area contributed by atoms with Gasteiger partial charge in [0, 0.05) is 30.3 Å². The van der Waals surface area contributed by atoms with Crippen molar-refractivity contribution in [1.29, 1.82) is 0 Å². The summed E-state index contributed by atoms with van der Waals surface area (Å²) >= 11 is 0. The van der Waals surface area contributed by atoms with Crippen molar-refractivity contribution in [1.82, 2.24) is 25.3 Å². The number of hydrogen-bond acceptors (Lipinski definition) is 6. The summed E-state index contributed by atoms with van der Waals surface area (Å²) in [4.78, 5) is 24.8. The van der Waals surface area contributed by atoms with Crippen LogP contribution in [0.1, 0.15) is 59.9 Å². The van der Waals surface area contributed by atoms with Crippen LogP contribution in [0.3, 0.4) is 0 Å². The van der Waals surface area contributed by atoms with E-state index in [1.807, 2.05) is 0 Å². The number of nitrogens with one attached hydrogen (secondary N) is 3. The predicted octanol–water partition coefficient (Wildman–Crippen LogP) is 3.34. The number of rotatable bonds is 8. The summed E-state index contributed by atoms with van der Waals surface area (Å²) in [5.41, 5.74) is 0.703. The van der Waals surface area contributed by atoms with Crippen molar-refractivity contribution in [2.24, 2.45) is 13.0 Å². The lowest BCUT2D eigenvalue weighted by atomic mass is 9.50. The van der Waals surface area contributed by atoms with Crippen molar-refractivity contribution in [3.05, 3.63) is 29.2 Å². The lowest BCUT2D eigenvalue weighted by Crippen LogP contribution is -2.68. The Hall–Kier alpha value is -3.16. The minimum Gasteiger partial charge on any atom is -0.443 e. The second kappa shape index (κ2) is 9.05. The van der Waals surface area contributed by atoms with Crippen LogP contribution in [0.15, 0.2) is 12.1 Å². The first-order valence-corrected chi connectivity index (χ1v) is 11.7. The number of carbonyl (C=O) groups is 2.